The number of carbonyl (C=O) groups excluding carboxylic acids is 1. The number of nitrogens with one attached hydrogen (secondary N) is 1. The second-order valence-electron chi connectivity index (χ2n) is 4.72. The summed E-state index contributed by atoms with van der Waals surface area (Å²) in [7, 11) is -3.10. The van der Waals surface area contributed by atoms with Gasteiger partial charge in [-0.1, -0.05) is 24.3 Å². The molecule has 1 aromatic rings. The van der Waals surface area contributed by atoms with E-state index in [1.54, 1.807) is 31.2 Å². The van der Waals surface area contributed by atoms with E-state index in [1.807, 2.05) is 0 Å². The van der Waals surface area contributed by atoms with Crippen LogP contribution in [0.15, 0.2) is 30.3 Å². The Hall–Kier alpha value is -1.69. The van der Waals surface area contributed by atoms with Crippen LogP contribution in [0.5, 0.6) is 0 Å². The van der Waals surface area contributed by atoms with Gasteiger partial charge in [0.15, 0.2) is 0 Å². The van der Waals surface area contributed by atoms with Crippen molar-refractivity contribution in [1.82, 2.24) is 5.32 Å². The maximum Gasteiger partial charge on any atom is 0.224 e. The number of carbonyl (C=O) groups is 1. The van der Waals surface area contributed by atoms with E-state index < -0.39 is 15.9 Å². The molecule has 0 aliphatic rings. The van der Waals surface area contributed by atoms with Gasteiger partial charge in [-0.2, -0.15) is 0 Å². The Bertz CT molecular complexity index is 579. The summed E-state index contributed by atoms with van der Waals surface area (Å²) in [5.41, 5.74) is 0.795. The van der Waals surface area contributed by atoms with Crippen LogP contribution in [0.4, 0.5) is 4.39 Å². The number of halogens is 1. The number of rotatable bonds is 6. The van der Waals surface area contributed by atoms with Crippen molar-refractivity contribution < 1.29 is 17.6 Å². The summed E-state index contributed by atoms with van der Waals surface area (Å²) in [4.78, 5) is 11.6. The Labute approximate surface area is 118 Å². The van der Waals surface area contributed by atoms with Gasteiger partial charge in [0.2, 0.25) is 5.91 Å². The average molecular weight is 299 g/mol. The number of benzene rings is 1. The second kappa shape index (κ2) is 7.19. The zero-order valence-corrected chi connectivity index (χ0v) is 12.3. The maximum atomic E-state index is 12.7. The van der Waals surface area contributed by atoms with Crippen LogP contribution >= 0.6 is 0 Å². The monoisotopic (exact) mass is 299 g/mol. The van der Waals surface area contributed by atoms with Crippen LogP contribution in [0.1, 0.15) is 18.9 Å². The van der Waals surface area contributed by atoms with Crippen LogP contribution in [0.3, 0.4) is 0 Å². The highest BCUT2D eigenvalue weighted by Crippen LogP contribution is 2.05. The summed E-state index contributed by atoms with van der Waals surface area (Å²) in [5.74, 6) is -0.644. The Balaban J connectivity index is 2.41. The molecule has 0 fully saturated rings. The minimum absolute atomic E-state index is 0.0829. The lowest BCUT2D eigenvalue weighted by atomic mass is 10.2. The molecule has 1 amide bonds. The number of sulfone groups is 1. The fraction of sp³-hybridized carbons (Fsp3) is 0.357. The normalized spacial score (nSPS) is 13.3. The van der Waals surface area contributed by atoms with Crippen molar-refractivity contribution in [2.45, 2.75) is 19.4 Å². The zero-order chi connectivity index (χ0) is 15.2. The van der Waals surface area contributed by atoms with E-state index in [0.29, 0.717) is 0 Å². The van der Waals surface area contributed by atoms with Gasteiger partial charge in [0, 0.05) is 18.7 Å². The van der Waals surface area contributed by atoms with Crippen LogP contribution in [0, 0.1) is 5.82 Å². The minimum Gasteiger partial charge on any atom is -0.352 e. The molecule has 0 heterocycles. The van der Waals surface area contributed by atoms with Crippen LogP contribution < -0.4 is 5.32 Å². The number of amides is 1. The van der Waals surface area contributed by atoms with Crippen molar-refractivity contribution in [3.05, 3.63) is 41.7 Å². The predicted molar refractivity (Wildman–Crippen MR) is 77.4 cm³/mol. The van der Waals surface area contributed by atoms with Crippen LogP contribution in [0.25, 0.3) is 6.08 Å². The molecule has 1 atom stereocenters. The summed E-state index contributed by atoms with van der Waals surface area (Å²) >= 11 is 0. The molecule has 0 unspecified atom stereocenters. The summed E-state index contributed by atoms with van der Waals surface area (Å²) in [6, 6.07) is 5.48. The second-order valence-corrected chi connectivity index (χ2v) is 6.90. The first-order valence-electron chi connectivity index (χ1n) is 6.15. The fourth-order valence-corrected chi connectivity index (χ4v) is 2.70. The molecule has 0 spiro atoms. The van der Waals surface area contributed by atoms with Gasteiger partial charge in [-0.25, -0.2) is 12.8 Å². The van der Waals surface area contributed by atoms with Crippen molar-refractivity contribution in [1.29, 1.82) is 0 Å². The minimum atomic E-state index is -3.10. The average Bonchev–Trinajstić information content (AvgIpc) is 2.29. The van der Waals surface area contributed by atoms with Gasteiger partial charge in [0.05, 0.1) is 5.75 Å². The molecule has 0 aliphatic heterocycles. The SMILES string of the molecule is C[C@@H](CS(C)(=O)=O)NC(=O)C/C=C\c1ccc(F)cc1. The topological polar surface area (TPSA) is 63.2 Å². The van der Waals surface area contributed by atoms with Gasteiger partial charge in [-0.05, 0) is 24.6 Å². The lowest BCUT2D eigenvalue weighted by Gasteiger charge is -2.11. The van der Waals surface area contributed by atoms with E-state index in [-0.39, 0.29) is 23.9 Å². The first-order valence-corrected chi connectivity index (χ1v) is 8.21. The molecule has 1 aromatic carbocycles. The van der Waals surface area contributed by atoms with E-state index in [4.69, 9.17) is 0 Å². The Morgan fingerprint density at radius 2 is 1.95 bits per heavy atom. The lowest BCUT2D eigenvalue weighted by Crippen LogP contribution is -2.36. The molecule has 0 bridgehead atoms. The number of hydrogen-bond acceptors (Lipinski definition) is 3. The summed E-state index contributed by atoms with van der Waals surface area (Å²) in [6.45, 7) is 1.64. The molecular formula is C14H18FNO3S. The van der Waals surface area contributed by atoms with Gasteiger partial charge in [-0.15, -0.1) is 0 Å². The molecule has 1 N–H and O–H groups in total. The molecule has 0 saturated heterocycles. The molecule has 6 heteroatoms. The van der Waals surface area contributed by atoms with E-state index in [1.165, 1.54) is 12.1 Å². The van der Waals surface area contributed by atoms with Gasteiger partial charge in [0.25, 0.3) is 0 Å². The van der Waals surface area contributed by atoms with Crippen LogP contribution in [-0.2, 0) is 14.6 Å². The van der Waals surface area contributed by atoms with Gasteiger partial charge in [-0.3, -0.25) is 4.79 Å². The molecule has 20 heavy (non-hydrogen) atoms. The largest absolute Gasteiger partial charge is 0.352 e. The zero-order valence-electron chi connectivity index (χ0n) is 11.5. The summed E-state index contributed by atoms with van der Waals surface area (Å²) in [5, 5.41) is 2.60. The van der Waals surface area contributed by atoms with Crippen molar-refractivity contribution in [2.75, 3.05) is 12.0 Å². The van der Waals surface area contributed by atoms with Crippen molar-refractivity contribution in [3.8, 4) is 0 Å². The number of hydrogen-bond donors (Lipinski definition) is 1. The first-order chi connectivity index (χ1) is 9.26. The quantitative estimate of drug-likeness (QED) is 0.871. The van der Waals surface area contributed by atoms with Crippen LogP contribution in [-0.4, -0.2) is 32.4 Å². The third-order valence-corrected chi connectivity index (χ3v) is 3.55. The molecular weight excluding hydrogens is 281 g/mol. The standard InChI is InChI=1S/C14H18FNO3S/c1-11(10-20(2,18)19)16-14(17)5-3-4-12-6-8-13(15)9-7-12/h3-4,6-9,11H,5,10H2,1-2H3,(H,16,17)/b4-3-/t11-/m0/s1. The highest BCUT2D eigenvalue weighted by molar-refractivity contribution is 7.90. The summed E-state index contributed by atoms with van der Waals surface area (Å²) in [6.07, 6.45) is 4.63. The third-order valence-electron chi connectivity index (χ3n) is 2.44. The van der Waals surface area contributed by atoms with Crippen molar-refractivity contribution >= 4 is 21.8 Å². The Kier molecular flexibility index (Phi) is 5.88. The van der Waals surface area contributed by atoms with Gasteiger partial charge in [0.1, 0.15) is 15.7 Å². The summed E-state index contributed by atoms with van der Waals surface area (Å²) < 4.78 is 34.8. The molecule has 0 aliphatic carbocycles. The molecule has 1 rings (SSSR count). The predicted octanol–water partition coefficient (Wildman–Crippen LogP) is 1.78. The third kappa shape index (κ3) is 7.04. The maximum absolute atomic E-state index is 12.7. The fourth-order valence-electron chi connectivity index (χ4n) is 1.71. The highest BCUT2D eigenvalue weighted by atomic mass is 32.2. The lowest BCUT2D eigenvalue weighted by molar-refractivity contribution is -0.120. The van der Waals surface area contributed by atoms with Crippen molar-refractivity contribution in [3.63, 3.8) is 0 Å². The smallest absolute Gasteiger partial charge is 0.224 e. The highest BCUT2D eigenvalue weighted by Gasteiger charge is 2.12. The van der Waals surface area contributed by atoms with Crippen molar-refractivity contribution in [2.24, 2.45) is 0 Å². The Morgan fingerprint density at radius 3 is 2.50 bits per heavy atom. The molecule has 0 saturated carbocycles. The van der Waals surface area contributed by atoms with E-state index in [9.17, 15) is 17.6 Å². The van der Waals surface area contributed by atoms with Gasteiger partial charge < -0.3 is 5.32 Å². The molecule has 110 valence electrons. The molecule has 4 nitrogen and oxygen atoms in total. The van der Waals surface area contributed by atoms with E-state index >= 15 is 0 Å². The van der Waals surface area contributed by atoms with Crippen LogP contribution in [0.2, 0.25) is 0 Å². The van der Waals surface area contributed by atoms with E-state index in [0.717, 1.165) is 11.8 Å². The van der Waals surface area contributed by atoms with E-state index in [2.05, 4.69) is 5.32 Å². The molecule has 0 radical (unpaired) electrons. The van der Waals surface area contributed by atoms with Gasteiger partial charge >= 0.3 is 0 Å². The molecule has 0 aromatic heterocycles. The Morgan fingerprint density at radius 1 is 1.35 bits per heavy atom. The first kappa shape index (κ1) is 16.4.